The first kappa shape index (κ1) is 26.2. The molecule has 2 amide bonds. The molecule has 1 heterocycles. The van der Waals surface area contributed by atoms with Gasteiger partial charge in [-0.3, -0.25) is 9.59 Å². The zero-order valence-corrected chi connectivity index (χ0v) is 20.4. The maximum atomic E-state index is 13.2. The summed E-state index contributed by atoms with van der Waals surface area (Å²) < 4.78 is 43.6. The molecule has 0 atom stereocenters. The van der Waals surface area contributed by atoms with Crippen LogP contribution in [0.1, 0.15) is 43.8 Å². The van der Waals surface area contributed by atoms with Gasteiger partial charge in [0.25, 0.3) is 11.8 Å². The molecular weight excluding hydrogens is 483 g/mol. The van der Waals surface area contributed by atoms with E-state index in [1.807, 2.05) is 12.1 Å². The highest BCUT2D eigenvalue weighted by atomic mass is 19.4. The van der Waals surface area contributed by atoms with Crippen molar-refractivity contribution in [3.8, 4) is 0 Å². The second-order valence-electron chi connectivity index (χ2n) is 8.80. The van der Waals surface area contributed by atoms with Crippen LogP contribution >= 0.6 is 0 Å². The van der Waals surface area contributed by atoms with Crippen molar-refractivity contribution < 1.29 is 27.5 Å². The summed E-state index contributed by atoms with van der Waals surface area (Å²) in [6, 6.07) is 17.3. The molecule has 3 aromatic carbocycles. The fraction of sp³-hybridized carbons (Fsp3) is 0.286. The van der Waals surface area contributed by atoms with Crippen LogP contribution in [0.25, 0.3) is 0 Å². The minimum absolute atomic E-state index is 0.0790. The molecule has 0 radical (unpaired) electrons. The Morgan fingerprint density at radius 1 is 0.973 bits per heavy atom. The van der Waals surface area contributed by atoms with Gasteiger partial charge in [-0.25, -0.2) is 0 Å². The number of ether oxygens (including phenoxy) is 1. The van der Waals surface area contributed by atoms with Crippen molar-refractivity contribution in [1.29, 1.82) is 0 Å². The van der Waals surface area contributed by atoms with Crippen molar-refractivity contribution in [2.45, 2.75) is 25.6 Å². The third-order valence-electron chi connectivity index (χ3n) is 6.26. The molecular formula is C28H28F3N3O3. The second-order valence-corrected chi connectivity index (χ2v) is 8.80. The van der Waals surface area contributed by atoms with Crippen molar-refractivity contribution in [1.82, 2.24) is 5.32 Å². The number of nitrogens with one attached hydrogen (secondary N) is 2. The van der Waals surface area contributed by atoms with Gasteiger partial charge in [-0.1, -0.05) is 24.3 Å². The summed E-state index contributed by atoms with van der Waals surface area (Å²) in [5.41, 5.74) is 3.24. The van der Waals surface area contributed by atoms with Gasteiger partial charge < -0.3 is 20.3 Å². The highest BCUT2D eigenvalue weighted by molar-refractivity contribution is 6.06. The van der Waals surface area contributed by atoms with E-state index in [1.165, 1.54) is 11.1 Å². The largest absolute Gasteiger partial charge is 0.416 e. The molecule has 0 fully saturated rings. The first-order valence-corrected chi connectivity index (χ1v) is 12.0. The van der Waals surface area contributed by atoms with Gasteiger partial charge in [-0.15, -0.1) is 0 Å². The predicted molar refractivity (Wildman–Crippen MR) is 136 cm³/mol. The number of carbonyl (C=O) groups excluding carboxylic acids is 2. The van der Waals surface area contributed by atoms with Crippen molar-refractivity contribution in [3.63, 3.8) is 0 Å². The summed E-state index contributed by atoms with van der Waals surface area (Å²) in [7, 11) is 1.59. The van der Waals surface area contributed by atoms with Gasteiger partial charge in [0.05, 0.1) is 11.1 Å². The Morgan fingerprint density at radius 2 is 1.70 bits per heavy atom. The Morgan fingerprint density at radius 3 is 2.41 bits per heavy atom. The van der Waals surface area contributed by atoms with Crippen LogP contribution in [0.15, 0.2) is 66.7 Å². The van der Waals surface area contributed by atoms with Crippen LogP contribution in [-0.2, 0) is 23.9 Å². The maximum Gasteiger partial charge on any atom is 0.416 e. The molecule has 0 aromatic heterocycles. The predicted octanol–water partition coefficient (Wildman–Crippen LogP) is 5.29. The van der Waals surface area contributed by atoms with Crippen molar-refractivity contribution in [2.24, 2.45) is 0 Å². The number of hydrogen-bond acceptors (Lipinski definition) is 4. The average molecular weight is 512 g/mol. The Hall–Kier alpha value is -3.85. The quantitative estimate of drug-likeness (QED) is 0.404. The fourth-order valence-corrected chi connectivity index (χ4v) is 4.30. The summed E-state index contributed by atoms with van der Waals surface area (Å²) in [6.07, 6.45) is -2.98. The van der Waals surface area contributed by atoms with Crippen molar-refractivity contribution >= 4 is 23.2 Å². The molecule has 4 rings (SSSR count). The second kappa shape index (κ2) is 11.5. The van der Waals surface area contributed by atoms with E-state index >= 15 is 0 Å². The lowest BCUT2D eigenvalue weighted by Gasteiger charge is -2.32. The van der Waals surface area contributed by atoms with Gasteiger partial charge in [-0.2, -0.15) is 13.2 Å². The molecule has 0 saturated carbocycles. The Balaban J connectivity index is 1.56. The number of fused-ring (bicyclic) bond motifs is 1. The topological polar surface area (TPSA) is 70.7 Å². The number of anilines is 2. The summed E-state index contributed by atoms with van der Waals surface area (Å²) in [5.74, 6) is -0.851. The molecule has 0 aliphatic carbocycles. The molecule has 1 aliphatic heterocycles. The summed E-state index contributed by atoms with van der Waals surface area (Å²) in [6.45, 7) is 2.33. The maximum absolute atomic E-state index is 13.2. The lowest BCUT2D eigenvalue weighted by molar-refractivity contribution is -0.137. The molecule has 2 N–H and O–H groups in total. The van der Waals surface area contributed by atoms with Crippen molar-refractivity contribution in [3.05, 3.63) is 94.5 Å². The van der Waals surface area contributed by atoms with Gasteiger partial charge in [0, 0.05) is 50.3 Å². The minimum Gasteiger partial charge on any atom is -0.385 e. The van der Waals surface area contributed by atoms with E-state index < -0.39 is 17.6 Å². The van der Waals surface area contributed by atoms with Crippen LogP contribution in [0.3, 0.4) is 0 Å². The van der Waals surface area contributed by atoms with Crippen LogP contribution < -0.4 is 15.5 Å². The van der Waals surface area contributed by atoms with Crippen LogP contribution in [-0.4, -0.2) is 38.6 Å². The van der Waals surface area contributed by atoms with Crippen LogP contribution in [0, 0.1) is 0 Å². The average Bonchev–Trinajstić information content (AvgIpc) is 2.90. The Kier molecular flexibility index (Phi) is 8.13. The zero-order valence-electron chi connectivity index (χ0n) is 20.4. The number of alkyl halides is 3. The zero-order chi connectivity index (χ0) is 26.4. The molecule has 194 valence electrons. The minimum atomic E-state index is -4.48. The highest BCUT2D eigenvalue weighted by Gasteiger charge is 2.30. The first-order chi connectivity index (χ1) is 17.8. The van der Waals surface area contributed by atoms with E-state index in [0.717, 1.165) is 42.9 Å². The van der Waals surface area contributed by atoms with Crippen LogP contribution in [0.5, 0.6) is 0 Å². The number of benzene rings is 3. The fourth-order valence-electron chi connectivity index (χ4n) is 4.30. The standard InChI is InChI=1S/C28H28F3N3O3/c1-37-16-4-14-32-27(36)24-17-23(33-26(35)20-7-9-22(10-8-20)28(29,30)31)11-12-25(24)34-15-13-19-5-2-3-6-21(19)18-34/h2-3,5-12,17H,4,13-16,18H2,1H3,(H,32,36)(H,33,35). The number of methoxy groups -OCH3 is 1. The summed E-state index contributed by atoms with van der Waals surface area (Å²) >= 11 is 0. The highest BCUT2D eigenvalue weighted by Crippen LogP contribution is 2.31. The lowest BCUT2D eigenvalue weighted by Crippen LogP contribution is -2.33. The monoisotopic (exact) mass is 511 g/mol. The number of nitrogens with zero attached hydrogens (tertiary/aromatic N) is 1. The molecule has 1 aliphatic rings. The van der Waals surface area contributed by atoms with Gasteiger partial charge in [-0.05, 0) is 66.4 Å². The molecule has 0 spiro atoms. The Bertz CT molecular complexity index is 1260. The van der Waals surface area contributed by atoms with Crippen molar-refractivity contribution in [2.75, 3.05) is 37.0 Å². The molecule has 3 aromatic rings. The molecule has 0 saturated heterocycles. The van der Waals surface area contributed by atoms with E-state index in [0.29, 0.717) is 37.4 Å². The first-order valence-electron chi connectivity index (χ1n) is 12.0. The molecule has 0 unspecified atom stereocenters. The van der Waals surface area contributed by atoms with Gasteiger partial charge in [0.2, 0.25) is 0 Å². The third-order valence-corrected chi connectivity index (χ3v) is 6.26. The molecule has 9 heteroatoms. The summed E-state index contributed by atoms with van der Waals surface area (Å²) in [5, 5.41) is 5.60. The van der Waals surface area contributed by atoms with Crippen LogP contribution in [0.4, 0.5) is 24.5 Å². The van der Waals surface area contributed by atoms with E-state index in [1.54, 1.807) is 25.3 Å². The lowest BCUT2D eigenvalue weighted by atomic mass is 9.98. The third kappa shape index (κ3) is 6.48. The number of halogens is 3. The summed E-state index contributed by atoms with van der Waals surface area (Å²) in [4.78, 5) is 28.0. The number of amides is 2. The normalized spacial score (nSPS) is 13.1. The van der Waals surface area contributed by atoms with Gasteiger partial charge in [0.15, 0.2) is 0 Å². The molecule has 6 nitrogen and oxygen atoms in total. The van der Waals surface area contributed by atoms with Gasteiger partial charge >= 0.3 is 6.18 Å². The number of rotatable bonds is 8. The SMILES string of the molecule is COCCCNC(=O)c1cc(NC(=O)c2ccc(C(F)(F)F)cc2)ccc1N1CCc2ccccc2C1. The van der Waals surface area contributed by atoms with E-state index in [9.17, 15) is 22.8 Å². The smallest absolute Gasteiger partial charge is 0.385 e. The van der Waals surface area contributed by atoms with E-state index in [2.05, 4.69) is 27.7 Å². The van der Waals surface area contributed by atoms with E-state index in [-0.39, 0.29) is 11.5 Å². The van der Waals surface area contributed by atoms with Gasteiger partial charge in [0.1, 0.15) is 0 Å². The molecule has 37 heavy (non-hydrogen) atoms. The van der Waals surface area contributed by atoms with Crippen LogP contribution in [0.2, 0.25) is 0 Å². The van der Waals surface area contributed by atoms with E-state index in [4.69, 9.17) is 4.74 Å². The molecule has 0 bridgehead atoms. The Labute approximate surface area is 213 Å². The number of carbonyl (C=O) groups is 2. The number of hydrogen-bond donors (Lipinski definition) is 2.